The van der Waals surface area contributed by atoms with Crippen LogP contribution >= 0.6 is 11.8 Å². The Bertz CT molecular complexity index is 1400. The summed E-state index contributed by atoms with van der Waals surface area (Å²) in [5.74, 6) is -0.509. The van der Waals surface area contributed by atoms with Gasteiger partial charge in [-0.1, -0.05) is 11.8 Å². The van der Waals surface area contributed by atoms with Gasteiger partial charge in [-0.2, -0.15) is 0 Å². The van der Waals surface area contributed by atoms with E-state index in [1.807, 2.05) is 24.5 Å². The van der Waals surface area contributed by atoms with Crippen LogP contribution in [0.3, 0.4) is 0 Å². The molecule has 0 radical (unpaired) electrons. The Morgan fingerprint density at radius 1 is 0.939 bits per heavy atom. The lowest BCUT2D eigenvalue weighted by atomic mass is 10.2. The first-order valence-corrected chi connectivity index (χ1v) is 11.0. The minimum atomic E-state index is -0.942. The van der Waals surface area contributed by atoms with Crippen LogP contribution in [0.1, 0.15) is 0 Å². The summed E-state index contributed by atoms with van der Waals surface area (Å²) < 4.78 is 32.8. The second kappa shape index (κ2) is 8.83. The molecular formula is C23H16F2N6OS. The summed E-state index contributed by atoms with van der Waals surface area (Å²) in [4.78, 5) is 20.2. The number of aromatic amines is 1. The first kappa shape index (κ1) is 20.8. The van der Waals surface area contributed by atoms with Crippen LogP contribution in [-0.4, -0.2) is 31.2 Å². The number of fused-ring (bicyclic) bond motifs is 1. The Kier molecular flexibility index (Phi) is 5.57. The van der Waals surface area contributed by atoms with Crippen molar-refractivity contribution in [3.63, 3.8) is 0 Å². The zero-order valence-electron chi connectivity index (χ0n) is 17.2. The van der Waals surface area contributed by atoms with Crippen molar-refractivity contribution in [1.82, 2.24) is 24.9 Å². The van der Waals surface area contributed by atoms with E-state index in [0.29, 0.717) is 45.1 Å². The van der Waals surface area contributed by atoms with Gasteiger partial charge in [-0.3, -0.25) is 0 Å². The van der Waals surface area contributed by atoms with E-state index in [1.54, 1.807) is 36.7 Å². The van der Waals surface area contributed by atoms with Gasteiger partial charge in [-0.05, 0) is 48.7 Å². The molecule has 0 bridgehead atoms. The Morgan fingerprint density at radius 3 is 2.58 bits per heavy atom. The molecule has 0 aliphatic carbocycles. The first-order chi connectivity index (χ1) is 16.1. The van der Waals surface area contributed by atoms with Crippen molar-refractivity contribution in [2.45, 2.75) is 5.16 Å². The summed E-state index contributed by atoms with van der Waals surface area (Å²) in [5, 5.41) is 3.73. The fourth-order valence-electron chi connectivity index (χ4n) is 3.18. The summed E-state index contributed by atoms with van der Waals surface area (Å²) in [7, 11) is 0. The van der Waals surface area contributed by atoms with Gasteiger partial charge in [-0.15, -0.1) is 0 Å². The molecule has 0 saturated carbocycles. The van der Waals surface area contributed by atoms with Crippen LogP contribution in [0.25, 0.3) is 22.3 Å². The highest BCUT2D eigenvalue weighted by molar-refractivity contribution is 7.98. The van der Waals surface area contributed by atoms with Crippen molar-refractivity contribution in [1.29, 1.82) is 0 Å². The number of anilines is 2. The van der Waals surface area contributed by atoms with Gasteiger partial charge in [0.2, 0.25) is 11.8 Å². The summed E-state index contributed by atoms with van der Waals surface area (Å²) in [6.45, 7) is 0. The van der Waals surface area contributed by atoms with E-state index in [4.69, 9.17) is 4.74 Å². The number of imidazole rings is 1. The molecule has 0 unspecified atom stereocenters. The van der Waals surface area contributed by atoms with E-state index >= 15 is 0 Å². The van der Waals surface area contributed by atoms with E-state index in [2.05, 4.69) is 30.2 Å². The van der Waals surface area contributed by atoms with Crippen molar-refractivity contribution >= 4 is 34.4 Å². The van der Waals surface area contributed by atoms with Gasteiger partial charge in [0.1, 0.15) is 5.75 Å². The topological polar surface area (TPSA) is 88.6 Å². The minimum Gasteiger partial charge on any atom is -0.438 e. The molecule has 33 heavy (non-hydrogen) atoms. The van der Waals surface area contributed by atoms with Gasteiger partial charge in [0.05, 0.1) is 22.3 Å². The molecule has 3 heterocycles. The number of halogens is 2. The van der Waals surface area contributed by atoms with Gasteiger partial charge in [0.25, 0.3) is 0 Å². The summed E-state index contributed by atoms with van der Waals surface area (Å²) in [6, 6.07) is 14.8. The molecule has 10 heteroatoms. The zero-order valence-corrected chi connectivity index (χ0v) is 18.0. The molecule has 0 spiro atoms. The third-order valence-electron chi connectivity index (χ3n) is 4.72. The highest BCUT2D eigenvalue weighted by Gasteiger charge is 2.12. The Balaban J connectivity index is 1.35. The predicted molar refractivity (Wildman–Crippen MR) is 123 cm³/mol. The maximum Gasteiger partial charge on any atom is 0.228 e. The second-order valence-corrected chi connectivity index (χ2v) is 7.68. The van der Waals surface area contributed by atoms with Crippen molar-refractivity contribution in [3.8, 4) is 22.9 Å². The van der Waals surface area contributed by atoms with Crippen LogP contribution in [0.15, 0.2) is 72.1 Å². The SMILES string of the molecule is CSc1nccc(-c2cccnc2Oc2ccc(Nc3nc4cc(F)c(F)cc4[nH]3)cc2)n1. The quantitative estimate of drug-likeness (QED) is 0.238. The van der Waals surface area contributed by atoms with Crippen molar-refractivity contribution in [3.05, 3.63) is 78.6 Å². The van der Waals surface area contributed by atoms with Crippen LogP contribution in [0.5, 0.6) is 11.6 Å². The van der Waals surface area contributed by atoms with E-state index in [9.17, 15) is 8.78 Å². The summed E-state index contributed by atoms with van der Waals surface area (Å²) >= 11 is 1.46. The van der Waals surface area contributed by atoms with Gasteiger partial charge >= 0.3 is 0 Å². The van der Waals surface area contributed by atoms with Crippen LogP contribution in [-0.2, 0) is 0 Å². The number of H-pyrrole nitrogens is 1. The summed E-state index contributed by atoms with van der Waals surface area (Å²) in [6.07, 6.45) is 5.27. The minimum absolute atomic E-state index is 0.327. The van der Waals surface area contributed by atoms with E-state index in [-0.39, 0.29) is 0 Å². The third kappa shape index (κ3) is 4.46. The van der Waals surface area contributed by atoms with E-state index in [1.165, 1.54) is 11.8 Å². The van der Waals surface area contributed by atoms with Crippen LogP contribution < -0.4 is 10.1 Å². The molecule has 164 valence electrons. The number of benzene rings is 2. The fourth-order valence-corrected chi connectivity index (χ4v) is 3.53. The number of hydrogen-bond acceptors (Lipinski definition) is 7. The lowest BCUT2D eigenvalue weighted by Crippen LogP contribution is -1.95. The molecule has 5 rings (SSSR count). The summed E-state index contributed by atoms with van der Waals surface area (Å²) in [5.41, 5.74) is 2.90. The number of aromatic nitrogens is 5. The molecule has 0 amide bonds. The van der Waals surface area contributed by atoms with Gasteiger partial charge in [0, 0.05) is 30.2 Å². The van der Waals surface area contributed by atoms with Crippen LogP contribution in [0.2, 0.25) is 0 Å². The number of nitrogens with zero attached hydrogens (tertiary/aromatic N) is 4. The molecule has 7 nitrogen and oxygen atoms in total. The van der Waals surface area contributed by atoms with Gasteiger partial charge < -0.3 is 15.0 Å². The molecule has 0 fully saturated rings. The normalized spacial score (nSPS) is 11.0. The number of rotatable bonds is 6. The molecule has 5 aromatic rings. The molecule has 0 aliphatic rings. The lowest BCUT2D eigenvalue weighted by Gasteiger charge is -2.10. The smallest absolute Gasteiger partial charge is 0.228 e. The molecule has 2 N–H and O–H groups in total. The Morgan fingerprint density at radius 2 is 1.76 bits per heavy atom. The Labute approximate surface area is 191 Å². The van der Waals surface area contributed by atoms with Crippen molar-refractivity contribution in [2.75, 3.05) is 11.6 Å². The third-order valence-corrected chi connectivity index (χ3v) is 5.28. The fraction of sp³-hybridized carbons (Fsp3) is 0.0435. The van der Waals surface area contributed by atoms with Crippen molar-refractivity contribution < 1.29 is 13.5 Å². The predicted octanol–water partition coefficient (Wildman–Crippen LogP) is 5.95. The largest absolute Gasteiger partial charge is 0.438 e. The number of ether oxygens (including phenoxy) is 1. The maximum atomic E-state index is 13.4. The molecule has 0 saturated heterocycles. The Hall–Kier alpha value is -4.05. The number of pyridine rings is 1. The standard InChI is InChI=1S/C23H16F2N6OS/c1-33-23-27-10-8-18(31-23)15-3-2-9-26-21(15)32-14-6-4-13(5-7-14)28-22-29-19-11-16(24)17(25)12-20(19)30-22/h2-12H,1H3,(H2,28,29,30). The van der Waals surface area contributed by atoms with E-state index < -0.39 is 11.6 Å². The molecular weight excluding hydrogens is 446 g/mol. The molecule has 3 aromatic heterocycles. The number of thioether (sulfide) groups is 1. The average molecular weight is 462 g/mol. The molecule has 2 aromatic carbocycles. The van der Waals surface area contributed by atoms with Crippen LogP contribution in [0, 0.1) is 11.6 Å². The lowest BCUT2D eigenvalue weighted by molar-refractivity contribution is 0.465. The molecule has 0 atom stereocenters. The average Bonchev–Trinajstić information content (AvgIpc) is 3.21. The maximum absolute atomic E-state index is 13.4. The monoisotopic (exact) mass is 462 g/mol. The van der Waals surface area contributed by atoms with Gasteiger partial charge in [0.15, 0.2) is 16.8 Å². The van der Waals surface area contributed by atoms with Crippen LogP contribution in [0.4, 0.5) is 20.4 Å². The first-order valence-electron chi connectivity index (χ1n) is 9.81. The van der Waals surface area contributed by atoms with Crippen molar-refractivity contribution in [2.24, 2.45) is 0 Å². The zero-order chi connectivity index (χ0) is 22.8. The second-order valence-electron chi connectivity index (χ2n) is 6.91. The highest BCUT2D eigenvalue weighted by atomic mass is 32.2. The van der Waals surface area contributed by atoms with E-state index in [0.717, 1.165) is 17.7 Å². The number of nitrogens with one attached hydrogen (secondary N) is 2. The van der Waals surface area contributed by atoms with Gasteiger partial charge in [-0.25, -0.2) is 28.7 Å². The molecule has 0 aliphatic heterocycles. The number of hydrogen-bond donors (Lipinski definition) is 2. The highest BCUT2D eigenvalue weighted by Crippen LogP contribution is 2.31.